The van der Waals surface area contributed by atoms with Gasteiger partial charge in [-0.15, -0.1) is 0 Å². The normalized spacial score (nSPS) is 13.9. The minimum Gasteiger partial charge on any atom is -0.329 e. The molecule has 1 aromatic carbocycles. The summed E-state index contributed by atoms with van der Waals surface area (Å²) in [6.45, 7) is 0.349. The minimum absolute atomic E-state index is 0.104. The van der Waals surface area contributed by atoms with Gasteiger partial charge in [-0.3, -0.25) is 0 Å². The lowest BCUT2D eigenvalue weighted by atomic mass is 10.0. The first-order chi connectivity index (χ1) is 6.99. The third kappa shape index (κ3) is 2.94. The van der Waals surface area contributed by atoms with E-state index >= 15 is 0 Å². The van der Waals surface area contributed by atoms with Crippen LogP contribution in [0.2, 0.25) is 0 Å². The third-order valence-electron chi connectivity index (χ3n) is 2.22. The third-order valence-corrected chi connectivity index (χ3v) is 2.22. The van der Waals surface area contributed by atoms with E-state index < -0.39 is 11.7 Å². The number of rotatable bonds is 3. The van der Waals surface area contributed by atoms with Gasteiger partial charge in [-0.25, -0.2) is 0 Å². The molecule has 3 N–H and O–H groups in total. The van der Waals surface area contributed by atoms with E-state index in [0.717, 1.165) is 17.7 Å². The molecular formula is C10H13F3N2. The Balaban J connectivity index is 2.89. The van der Waals surface area contributed by atoms with Crippen molar-refractivity contribution in [3.63, 3.8) is 0 Å². The molecule has 0 aromatic heterocycles. The molecule has 5 heteroatoms. The molecule has 0 aliphatic carbocycles. The Labute approximate surface area is 86.3 Å². The van der Waals surface area contributed by atoms with Gasteiger partial charge < -0.3 is 11.1 Å². The predicted octanol–water partition coefficient (Wildman–Crippen LogP) is 1.92. The maximum absolute atomic E-state index is 12.2. The van der Waals surface area contributed by atoms with Crippen molar-refractivity contribution in [3.05, 3.63) is 35.4 Å². The molecule has 1 aromatic rings. The molecule has 0 bridgehead atoms. The Hall–Kier alpha value is -1.07. The second kappa shape index (κ2) is 4.63. The monoisotopic (exact) mass is 218 g/mol. The minimum atomic E-state index is -4.28. The van der Waals surface area contributed by atoms with Gasteiger partial charge in [-0.05, 0) is 24.7 Å². The standard InChI is InChI=1S/C10H13F3N2/c1-15-9(6-14)7-2-4-8(5-3-7)10(11,12)13/h2-5,9,15H,6,14H2,1H3/t9-/m1/s1. The van der Waals surface area contributed by atoms with Crippen LogP contribution in [0.15, 0.2) is 24.3 Å². The Morgan fingerprint density at radius 3 is 2.13 bits per heavy atom. The Bertz CT molecular complexity index is 301. The molecule has 2 nitrogen and oxygen atoms in total. The average molecular weight is 218 g/mol. The van der Waals surface area contributed by atoms with Crippen LogP contribution in [-0.2, 0) is 6.18 Å². The topological polar surface area (TPSA) is 38.0 Å². The number of likely N-dealkylation sites (N-methyl/N-ethyl adjacent to an activating group) is 1. The lowest BCUT2D eigenvalue weighted by molar-refractivity contribution is -0.137. The molecule has 0 unspecified atom stereocenters. The van der Waals surface area contributed by atoms with Crippen LogP contribution in [0.3, 0.4) is 0 Å². The molecule has 0 aliphatic heterocycles. The molecule has 0 heterocycles. The number of nitrogens with two attached hydrogens (primary N) is 1. The summed E-state index contributed by atoms with van der Waals surface area (Å²) >= 11 is 0. The Morgan fingerprint density at radius 2 is 1.80 bits per heavy atom. The zero-order valence-electron chi connectivity index (χ0n) is 8.31. The molecule has 1 atom stereocenters. The molecule has 84 valence electrons. The van der Waals surface area contributed by atoms with Crippen molar-refractivity contribution in [2.45, 2.75) is 12.2 Å². The van der Waals surface area contributed by atoms with E-state index in [4.69, 9.17) is 5.73 Å². The molecule has 15 heavy (non-hydrogen) atoms. The van der Waals surface area contributed by atoms with Crippen molar-refractivity contribution in [2.75, 3.05) is 13.6 Å². The first-order valence-corrected chi connectivity index (χ1v) is 4.53. The van der Waals surface area contributed by atoms with Crippen LogP contribution in [0.5, 0.6) is 0 Å². The van der Waals surface area contributed by atoms with Crippen LogP contribution in [0.1, 0.15) is 17.2 Å². The maximum Gasteiger partial charge on any atom is 0.416 e. The van der Waals surface area contributed by atoms with Crippen LogP contribution in [0.4, 0.5) is 13.2 Å². The molecule has 0 radical (unpaired) electrons. The van der Waals surface area contributed by atoms with Gasteiger partial charge in [0.2, 0.25) is 0 Å². The number of hydrogen-bond acceptors (Lipinski definition) is 2. The average Bonchev–Trinajstić information content (AvgIpc) is 2.19. The van der Waals surface area contributed by atoms with Gasteiger partial charge in [0.15, 0.2) is 0 Å². The van der Waals surface area contributed by atoms with Gasteiger partial charge >= 0.3 is 6.18 Å². The van der Waals surface area contributed by atoms with Crippen molar-refractivity contribution in [1.29, 1.82) is 0 Å². The van der Waals surface area contributed by atoms with E-state index in [2.05, 4.69) is 5.32 Å². The van der Waals surface area contributed by atoms with Crippen LogP contribution in [0.25, 0.3) is 0 Å². The summed E-state index contributed by atoms with van der Waals surface area (Å²) < 4.78 is 36.7. The van der Waals surface area contributed by atoms with E-state index in [-0.39, 0.29) is 6.04 Å². The summed E-state index contributed by atoms with van der Waals surface area (Å²) in [4.78, 5) is 0. The summed E-state index contributed by atoms with van der Waals surface area (Å²) in [7, 11) is 1.72. The fourth-order valence-corrected chi connectivity index (χ4v) is 1.33. The highest BCUT2D eigenvalue weighted by Crippen LogP contribution is 2.29. The highest BCUT2D eigenvalue weighted by atomic mass is 19.4. The predicted molar refractivity (Wildman–Crippen MR) is 52.3 cm³/mol. The summed E-state index contributed by atoms with van der Waals surface area (Å²) in [5.74, 6) is 0. The van der Waals surface area contributed by atoms with Crippen LogP contribution >= 0.6 is 0 Å². The smallest absolute Gasteiger partial charge is 0.329 e. The van der Waals surface area contributed by atoms with Crippen molar-refractivity contribution >= 4 is 0 Å². The lowest BCUT2D eigenvalue weighted by Gasteiger charge is -2.15. The Kier molecular flexibility index (Phi) is 3.71. The molecule has 0 saturated heterocycles. The molecule has 0 aliphatic rings. The van der Waals surface area contributed by atoms with E-state index in [0.29, 0.717) is 6.54 Å². The van der Waals surface area contributed by atoms with Crippen molar-refractivity contribution < 1.29 is 13.2 Å². The van der Waals surface area contributed by atoms with E-state index in [9.17, 15) is 13.2 Å². The summed E-state index contributed by atoms with van der Waals surface area (Å²) in [6, 6.07) is 4.91. The van der Waals surface area contributed by atoms with Crippen LogP contribution < -0.4 is 11.1 Å². The second-order valence-corrected chi connectivity index (χ2v) is 3.20. The highest BCUT2D eigenvalue weighted by molar-refractivity contribution is 5.26. The SMILES string of the molecule is CN[C@H](CN)c1ccc(C(F)(F)F)cc1. The van der Waals surface area contributed by atoms with Crippen molar-refractivity contribution in [1.82, 2.24) is 5.32 Å². The Morgan fingerprint density at radius 1 is 1.27 bits per heavy atom. The first-order valence-electron chi connectivity index (χ1n) is 4.53. The zero-order chi connectivity index (χ0) is 11.5. The summed E-state index contributed by atoms with van der Waals surface area (Å²) in [6.07, 6.45) is -4.28. The summed E-state index contributed by atoms with van der Waals surface area (Å²) in [5.41, 5.74) is 5.57. The van der Waals surface area contributed by atoms with E-state index in [1.54, 1.807) is 7.05 Å². The maximum atomic E-state index is 12.2. The van der Waals surface area contributed by atoms with Crippen LogP contribution in [-0.4, -0.2) is 13.6 Å². The number of benzene rings is 1. The van der Waals surface area contributed by atoms with Gasteiger partial charge in [-0.2, -0.15) is 13.2 Å². The largest absolute Gasteiger partial charge is 0.416 e. The van der Waals surface area contributed by atoms with Gasteiger partial charge in [0, 0.05) is 12.6 Å². The zero-order valence-corrected chi connectivity index (χ0v) is 8.31. The van der Waals surface area contributed by atoms with Gasteiger partial charge in [-0.1, -0.05) is 12.1 Å². The van der Waals surface area contributed by atoms with Crippen molar-refractivity contribution in [2.24, 2.45) is 5.73 Å². The highest BCUT2D eigenvalue weighted by Gasteiger charge is 2.30. The van der Waals surface area contributed by atoms with Gasteiger partial charge in [0.25, 0.3) is 0 Å². The first kappa shape index (κ1) is 12.0. The molecule has 0 spiro atoms. The molecule has 0 saturated carbocycles. The van der Waals surface area contributed by atoms with Gasteiger partial charge in [0.1, 0.15) is 0 Å². The number of alkyl halides is 3. The summed E-state index contributed by atoms with van der Waals surface area (Å²) in [5, 5.41) is 2.92. The van der Waals surface area contributed by atoms with E-state index in [1.165, 1.54) is 12.1 Å². The fraction of sp³-hybridized carbons (Fsp3) is 0.400. The second-order valence-electron chi connectivity index (χ2n) is 3.20. The van der Waals surface area contributed by atoms with Crippen LogP contribution in [0, 0.1) is 0 Å². The van der Waals surface area contributed by atoms with E-state index in [1.807, 2.05) is 0 Å². The quantitative estimate of drug-likeness (QED) is 0.813. The molecule has 0 fully saturated rings. The number of nitrogens with one attached hydrogen (secondary N) is 1. The number of hydrogen-bond donors (Lipinski definition) is 2. The number of halogens is 3. The van der Waals surface area contributed by atoms with Gasteiger partial charge in [0.05, 0.1) is 5.56 Å². The molecule has 1 rings (SSSR count). The van der Waals surface area contributed by atoms with Crippen molar-refractivity contribution in [3.8, 4) is 0 Å². The molecule has 0 amide bonds. The fourth-order valence-electron chi connectivity index (χ4n) is 1.33. The lowest BCUT2D eigenvalue weighted by Crippen LogP contribution is -2.24. The molecular weight excluding hydrogens is 205 g/mol.